The Morgan fingerprint density at radius 2 is 1.97 bits per heavy atom. The van der Waals surface area contributed by atoms with Crippen LogP contribution in [0.3, 0.4) is 0 Å². The first-order valence-corrected chi connectivity index (χ1v) is 13.0. The Morgan fingerprint density at radius 1 is 1.25 bits per heavy atom. The first kappa shape index (κ1) is 24.6. The van der Waals surface area contributed by atoms with E-state index in [0.717, 1.165) is 29.7 Å². The zero-order valence-corrected chi connectivity index (χ0v) is 21.6. The molecule has 2 heterocycles. The summed E-state index contributed by atoms with van der Waals surface area (Å²) in [6.07, 6.45) is 3.72. The molecule has 0 bridgehead atoms. The van der Waals surface area contributed by atoms with E-state index in [1.807, 2.05) is 41.9 Å². The van der Waals surface area contributed by atoms with Crippen molar-refractivity contribution in [3.8, 4) is 22.6 Å². The number of nitrogens with one attached hydrogen (secondary N) is 1. The minimum Gasteiger partial charge on any atom is -0.455 e. The highest BCUT2D eigenvalue weighted by Gasteiger charge is 2.45. The average molecular weight is 526 g/mol. The fourth-order valence-electron chi connectivity index (χ4n) is 4.49. The molecule has 0 atom stereocenters. The lowest BCUT2D eigenvalue weighted by Crippen LogP contribution is -2.18. The van der Waals surface area contributed by atoms with E-state index in [-0.39, 0.29) is 23.7 Å². The van der Waals surface area contributed by atoms with E-state index in [4.69, 9.17) is 21.0 Å². The van der Waals surface area contributed by atoms with Crippen molar-refractivity contribution in [1.82, 2.24) is 10.3 Å². The molecule has 5 rings (SSSR count). The zero-order valence-electron chi connectivity index (χ0n) is 20.1. The number of fused-ring (bicyclic) bond motifs is 1. The van der Waals surface area contributed by atoms with Crippen molar-refractivity contribution >= 4 is 46.1 Å². The fraction of sp³-hybridized carbons (Fsp3) is 0.259. The Kier molecular flexibility index (Phi) is 6.44. The van der Waals surface area contributed by atoms with E-state index in [1.54, 1.807) is 19.2 Å². The minimum atomic E-state index is -0.372. The number of benzene rings is 2. The molecule has 2 aromatic carbocycles. The number of aliphatic hydroxyl groups is 1. The number of aromatic nitrogens is 1. The Morgan fingerprint density at radius 3 is 2.56 bits per heavy atom. The van der Waals surface area contributed by atoms with Gasteiger partial charge < -0.3 is 19.1 Å². The molecule has 0 saturated heterocycles. The van der Waals surface area contributed by atoms with E-state index < -0.39 is 0 Å². The average Bonchev–Trinajstić information content (AvgIpc) is 3.60. The van der Waals surface area contributed by atoms with Gasteiger partial charge in [0.2, 0.25) is 0 Å². The summed E-state index contributed by atoms with van der Waals surface area (Å²) in [5.74, 6) is -0.327. The lowest BCUT2D eigenvalue weighted by Gasteiger charge is -2.20. The summed E-state index contributed by atoms with van der Waals surface area (Å²) >= 11 is 8.13. The van der Waals surface area contributed by atoms with Crippen LogP contribution >= 0.6 is 23.5 Å². The van der Waals surface area contributed by atoms with Crippen molar-refractivity contribution in [2.75, 3.05) is 31.3 Å². The maximum Gasteiger partial charge on any atom is 0.255 e. The minimum absolute atomic E-state index is 0.0385. The fourth-order valence-corrected chi connectivity index (χ4v) is 5.20. The van der Waals surface area contributed by atoms with Gasteiger partial charge in [-0.3, -0.25) is 4.79 Å². The van der Waals surface area contributed by atoms with E-state index in [1.165, 1.54) is 24.1 Å². The molecule has 0 unspecified atom stereocenters. The Bertz CT molecular complexity index is 1470. The Hall–Kier alpha value is -3.07. The van der Waals surface area contributed by atoms with Crippen LogP contribution in [0.5, 0.6) is 0 Å². The second-order valence-corrected chi connectivity index (χ2v) is 10.2. The van der Waals surface area contributed by atoms with Gasteiger partial charge in [0.25, 0.3) is 5.91 Å². The largest absolute Gasteiger partial charge is 0.455 e. The summed E-state index contributed by atoms with van der Waals surface area (Å²) in [6, 6.07) is 13.4. The Balaban J connectivity index is 1.74. The van der Waals surface area contributed by atoms with Crippen molar-refractivity contribution in [2.24, 2.45) is 0 Å². The summed E-state index contributed by atoms with van der Waals surface area (Å²) < 4.78 is 21.7. The number of hydrogen-bond acceptors (Lipinski definition) is 6. The Labute approximate surface area is 217 Å². The van der Waals surface area contributed by atoms with E-state index in [2.05, 4.69) is 5.32 Å². The van der Waals surface area contributed by atoms with Crippen LogP contribution in [0.4, 0.5) is 10.1 Å². The quantitative estimate of drug-likeness (QED) is 0.226. The van der Waals surface area contributed by atoms with Gasteiger partial charge in [-0.15, -0.1) is 0 Å². The normalized spacial score (nSPS) is 14.2. The van der Waals surface area contributed by atoms with Gasteiger partial charge >= 0.3 is 0 Å². The number of hydrogen-bond donors (Lipinski definition) is 2. The molecule has 1 saturated carbocycles. The third-order valence-electron chi connectivity index (χ3n) is 6.83. The van der Waals surface area contributed by atoms with Crippen molar-refractivity contribution in [3.05, 3.63) is 70.6 Å². The van der Waals surface area contributed by atoms with Crippen molar-refractivity contribution < 1.29 is 18.7 Å². The molecule has 4 aromatic rings. The second-order valence-electron chi connectivity index (χ2n) is 8.91. The summed E-state index contributed by atoms with van der Waals surface area (Å²) in [5.41, 5.74) is 4.28. The number of anilines is 1. The van der Waals surface area contributed by atoms with E-state index in [0.29, 0.717) is 38.7 Å². The van der Waals surface area contributed by atoms with Crippen LogP contribution in [0.2, 0.25) is 5.15 Å². The van der Waals surface area contributed by atoms with Crippen LogP contribution < -0.4 is 9.62 Å². The van der Waals surface area contributed by atoms with Gasteiger partial charge in [0.05, 0.1) is 23.6 Å². The maximum atomic E-state index is 13.6. The number of rotatable bonds is 7. The number of carbonyl (C=O) groups excluding carboxylic acids is 1. The second kappa shape index (κ2) is 9.42. The molecule has 0 spiro atoms. The topological polar surface area (TPSA) is 78.6 Å². The zero-order chi connectivity index (χ0) is 25.6. The van der Waals surface area contributed by atoms with E-state index in [9.17, 15) is 14.3 Å². The highest BCUT2D eigenvalue weighted by atomic mass is 35.5. The third kappa shape index (κ3) is 4.13. The first-order valence-electron chi connectivity index (χ1n) is 11.5. The molecule has 186 valence electrons. The van der Waals surface area contributed by atoms with Gasteiger partial charge in [0, 0.05) is 48.3 Å². The molecule has 36 heavy (non-hydrogen) atoms. The molecule has 0 aliphatic heterocycles. The standard InChI is InChI=1S/C27H25ClFN3O3S/c1-30-26(34)23-18-12-17(20-9-8-19(25(28)31-20)27(14-33)10-11-27)21(32(2)36-3)13-22(18)35-24(23)15-4-6-16(29)7-5-15/h4-9,12-13,33H,10-11,14H2,1-3H3,(H,30,34). The van der Waals surface area contributed by atoms with Crippen LogP contribution in [-0.2, 0) is 5.41 Å². The lowest BCUT2D eigenvalue weighted by atomic mass is 9.97. The molecule has 2 N–H and O–H groups in total. The predicted octanol–water partition coefficient (Wildman–Crippen LogP) is 6.05. The predicted molar refractivity (Wildman–Crippen MR) is 143 cm³/mol. The highest BCUT2D eigenvalue weighted by molar-refractivity contribution is 7.99. The van der Waals surface area contributed by atoms with Gasteiger partial charge in [0.15, 0.2) is 0 Å². The SMILES string of the molecule is CNC(=O)c1c(-c2ccc(F)cc2)oc2cc(N(C)SC)c(-c3ccc(C4(CO)CC4)c(Cl)n3)cc12. The molecule has 6 nitrogen and oxygen atoms in total. The summed E-state index contributed by atoms with van der Waals surface area (Å²) in [5, 5.41) is 13.5. The molecule has 1 fully saturated rings. The summed E-state index contributed by atoms with van der Waals surface area (Å²) in [6.45, 7) is 0.0385. The molecule has 9 heteroatoms. The highest BCUT2D eigenvalue weighted by Crippen LogP contribution is 2.50. The number of halogens is 2. The molecule has 1 aliphatic carbocycles. The van der Waals surface area contributed by atoms with E-state index >= 15 is 0 Å². The number of pyridine rings is 1. The molecular formula is C27H25ClFN3O3S. The number of aliphatic hydroxyl groups excluding tert-OH is 1. The van der Waals surface area contributed by atoms with Crippen molar-refractivity contribution in [2.45, 2.75) is 18.3 Å². The maximum absolute atomic E-state index is 13.6. The third-order valence-corrected chi connectivity index (χ3v) is 7.86. The van der Waals surface area contributed by atoms with Gasteiger partial charge in [0.1, 0.15) is 22.3 Å². The van der Waals surface area contributed by atoms with Crippen molar-refractivity contribution in [1.29, 1.82) is 0 Å². The van der Waals surface area contributed by atoms with Gasteiger partial charge in [-0.1, -0.05) is 29.6 Å². The van der Waals surface area contributed by atoms with Crippen LogP contribution in [0.25, 0.3) is 33.6 Å². The summed E-state index contributed by atoms with van der Waals surface area (Å²) in [4.78, 5) is 17.7. The lowest BCUT2D eigenvalue weighted by molar-refractivity contribution is 0.0964. The molecule has 1 aliphatic rings. The first-order chi connectivity index (χ1) is 17.3. The number of amides is 1. The monoisotopic (exact) mass is 525 g/mol. The number of furan rings is 1. The van der Waals surface area contributed by atoms with Crippen molar-refractivity contribution in [3.63, 3.8) is 0 Å². The van der Waals surface area contributed by atoms with Crippen LogP contribution in [-0.4, -0.2) is 43.0 Å². The number of carbonyl (C=O) groups is 1. The van der Waals surface area contributed by atoms with Crippen LogP contribution in [0, 0.1) is 5.82 Å². The number of nitrogens with zero attached hydrogens (tertiary/aromatic N) is 2. The van der Waals surface area contributed by atoms with Crippen LogP contribution in [0.15, 0.2) is 52.9 Å². The van der Waals surface area contributed by atoms with Gasteiger partial charge in [-0.25, -0.2) is 9.37 Å². The van der Waals surface area contributed by atoms with Gasteiger partial charge in [-0.05, 0) is 54.8 Å². The summed E-state index contributed by atoms with van der Waals surface area (Å²) in [7, 11) is 3.49. The molecule has 0 radical (unpaired) electrons. The smallest absolute Gasteiger partial charge is 0.255 e. The molecular weight excluding hydrogens is 501 g/mol. The van der Waals surface area contributed by atoms with Gasteiger partial charge in [-0.2, -0.15) is 0 Å². The molecule has 2 aromatic heterocycles. The van der Waals surface area contributed by atoms with Crippen LogP contribution in [0.1, 0.15) is 28.8 Å². The molecule has 1 amide bonds.